The number of amides is 1. The highest BCUT2D eigenvalue weighted by molar-refractivity contribution is 5.95. The molecule has 0 bridgehead atoms. The molecule has 2 aromatic carbocycles. The average Bonchev–Trinajstić information content (AvgIpc) is 2.89. The third kappa shape index (κ3) is 5.85. The van der Waals surface area contributed by atoms with Crippen LogP contribution in [0, 0.1) is 6.92 Å². The van der Waals surface area contributed by atoms with Crippen molar-refractivity contribution in [2.45, 2.75) is 52.1 Å². The van der Waals surface area contributed by atoms with E-state index in [1.165, 1.54) is 0 Å². The lowest BCUT2D eigenvalue weighted by molar-refractivity contribution is 0.0925. The Kier molecular flexibility index (Phi) is 7.96. The largest absolute Gasteiger partial charge is 0.362 e. The monoisotopic (exact) mass is 497 g/mol. The number of fused-ring (bicyclic) bond motifs is 1. The quantitative estimate of drug-likeness (QED) is 0.376. The molecule has 0 radical (unpaired) electrons. The molecule has 2 aromatic heterocycles. The summed E-state index contributed by atoms with van der Waals surface area (Å²) < 4.78 is 0. The van der Waals surface area contributed by atoms with E-state index in [1.54, 1.807) is 6.20 Å². The number of nitrogens with one attached hydrogen (secondary N) is 2. The van der Waals surface area contributed by atoms with Crippen molar-refractivity contribution in [3.8, 4) is 11.4 Å². The fraction of sp³-hybridized carbons (Fsp3) is 0.345. The second kappa shape index (κ2) is 11.3. The van der Waals surface area contributed by atoms with Gasteiger partial charge in [0.25, 0.3) is 5.91 Å². The van der Waals surface area contributed by atoms with E-state index in [4.69, 9.17) is 9.97 Å². The molecule has 1 aliphatic carbocycles. The predicted octanol–water partition coefficient (Wildman–Crippen LogP) is 5.25. The Morgan fingerprint density at radius 2 is 1.57 bits per heavy atom. The fourth-order valence-corrected chi connectivity index (χ4v) is 4.71. The summed E-state index contributed by atoms with van der Waals surface area (Å²) in [4.78, 5) is 33.4. The van der Waals surface area contributed by atoms with Gasteiger partial charge in [-0.3, -0.25) is 4.79 Å². The number of hydrogen-bond acceptors (Lipinski definition) is 7. The topological polar surface area (TPSA) is 95.9 Å². The lowest BCUT2D eigenvalue weighted by Gasteiger charge is -2.30. The van der Waals surface area contributed by atoms with E-state index in [2.05, 4.69) is 20.6 Å². The molecule has 37 heavy (non-hydrogen) atoms. The highest BCUT2D eigenvalue weighted by Gasteiger charge is 2.24. The van der Waals surface area contributed by atoms with Crippen LogP contribution in [-0.2, 0) is 0 Å². The highest BCUT2D eigenvalue weighted by atomic mass is 16.1. The lowest BCUT2D eigenvalue weighted by Crippen LogP contribution is -2.40. The zero-order valence-electron chi connectivity index (χ0n) is 20.9. The third-order valence-corrected chi connectivity index (χ3v) is 6.66. The van der Waals surface area contributed by atoms with E-state index in [-0.39, 0.29) is 25.4 Å². The molecule has 1 aliphatic rings. The Hall–Kier alpha value is -4.07. The van der Waals surface area contributed by atoms with E-state index < -0.39 is 0 Å². The van der Waals surface area contributed by atoms with Crippen molar-refractivity contribution >= 4 is 28.6 Å². The van der Waals surface area contributed by atoms with Gasteiger partial charge in [-0.1, -0.05) is 49.9 Å². The highest BCUT2D eigenvalue weighted by Crippen LogP contribution is 2.26. The number of para-hydroxylation sites is 1. The molecular formula is C29H35N7O. The van der Waals surface area contributed by atoms with Gasteiger partial charge in [0, 0.05) is 43.3 Å². The number of carbonyl (C=O) groups is 1. The van der Waals surface area contributed by atoms with Gasteiger partial charge in [0.1, 0.15) is 5.82 Å². The van der Waals surface area contributed by atoms with Crippen LogP contribution in [0.25, 0.3) is 22.3 Å². The Morgan fingerprint density at radius 1 is 0.892 bits per heavy atom. The summed E-state index contributed by atoms with van der Waals surface area (Å²) in [5.74, 6) is 2.07. The summed E-state index contributed by atoms with van der Waals surface area (Å²) in [6, 6.07) is 18.2. The normalized spacial score (nSPS) is 17.1. The van der Waals surface area contributed by atoms with Crippen molar-refractivity contribution in [1.29, 1.82) is 0 Å². The van der Waals surface area contributed by atoms with Crippen LogP contribution in [0.15, 0.2) is 60.8 Å². The van der Waals surface area contributed by atoms with Crippen molar-refractivity contribution in [1.82, 2.24) is 25.3 Å². The van der Waals surface area contributed by atoms with Gasteiger partial charge in [-0.25, -0.2) is 15.0 Å². The Morgan fingerprint density at radius 3 is 2.27 bits per heavy atom. The zero-order chi connectivity index (χ0) is 25.1. The molecule has 2 N–H and O–H groups in total. The van der Waals surface area contributed by atoms with Crippen molar-refractivity contribution in [3.05, 3.63) is 72.1 Å². The number of aromatic nitrogens is 4. The van der Waals surface area contributed by atoms with Crippen LogP contribution in [0.4, 0.5) is 11.8 Å². The molecule has 0 atom stereocenters. The Bertz CT molecular complexity index is 1370. The third-order valence-electron chi connectivity index (χ3n) is 6.66. The van der Waals surface area contributed by atoms with E-state index in [1.807, 2.05) is 80.5 Å². The van der Waals surface area contributed by atoms with Crippen LogP contribution in [0.5, 0.6) is 0 Å². The van der Waals surface area contributed by atoms with Gasteiger partial charge < -0.3 is 15.5 Å². The van der Waals surface area contributed by atoms with Gasteiger partial charge in [-0.15, -0.1) is 0 Å². The van der Waals surface area contributed by atoms with Crippen molar-refractivity contribution in [3.63, 3.8) is 0 Å². The molecule has 2 heterocycles. The van der Waals surface area contributed by atoms with E-state index >= 15 is 0 Å². The van der Waals surface area contributed by atoms with Gasteiger partial charge in [0.15, 0.2) is 5.82 Å². The maximum absolute atomic E-state index is 12.9. The van der Waals surface area contributed by atoms with Gasteiger partial charge in [0.2, 0.25) is 5.95 Å². The van der Waals surface area contributed by atoms with E-state index in [0.29, 0.717) is 23.0 Å². The molecule has 5 rings (SSSR count). The zero-order valence-corrected chi connectivity index (χ0v) is 20.9. The molecule has 0 spiro atoms. The minimum atomic E-state index is -0.114. The SMILES string of the molecule is C.Cc1nc(-c2ccccc2)ncc1C(=O)NC1CCC(Nc2nc(N(C)C)c3ccccc3n2)CC1. The Labute approximate surface area is 218 Å². The van der Waals surface area contributed by atoms with Crippen LogP contribution < -0.4 is 15.5 Å². The maximum Gasteiger partial charge on any atom is 0.254 e. The second-order valence-corrected chi connectivity index (χ2v) is 9.51. The van der Waals surface area contributed by atoms with Crippen molar-refractivity contribution in [2.75, 3.05) is 24.3 Å². The first-order valence-corrected chi connectivity index (χ1v) is 12.4. The summed E-state index contributed by atoms with van der Waals surface area (Å²) in [6.07, 6.45) is 5.27. The van der Waals surface area contributed by atoms with E-state index in [9.17, 15) is 4.79 Å². The summed E-state index contributed by atoms with van der Waals surface area (Å²) in [5.41, 5.74) is 3.07. The summed E-state index contributed by atoms with van der Waals surface area (Å²) in [7, 11) is 3.99. The number of hydrogen-bond donors (Lipinski definition) is 2. The minimum Gasteiger partial charge on any atom is -0.362 e. The number of anilines is 2. The number of rotatable bonds is 6. The molecular weight excluding hydrogens is 462 g/mol. The van der Waals surface area contributed by atoms with E-state index in [0.717, 1.165) is 48.0 Å². The number of aryl methyl sites for hydroxylation is 1. The smallest absolute Gasteiger partial charge is 0.254 e. The predicted molar refractivity (Wildman–Crippen MR) is 150 cm³/mol. The lowest BCUT2D eigenvalue weighted by atomic mass is 9.91. The maximum atomic E-state index is 12.9. The van der Waals surface area contributed by atoms with Gasteiger partial charge >= 0.3 is 0 Å². The molecule has 8 heteroatoms. The summed E-state index contributed by atoms with van der Waals surface area (Å²) in [5, 5.41) is 7.74. The molecule has 1 saturated carbocycles. The van der Waals surface area contributed by atoms with Crippen molar-refractivity contribution in [2.24, 2.45) is 0 Å². The van der Waals surface area contributed by atoms with Crippen LogP contribution in [0.2, 0.25) is 0 Å². The fourth-order valence-electron chi connectivity index (χ4n) is 4.71. The van der Waals surface area contributed by atoms with Crippen molar-refractivity contribution < 1.29 is 4.79 Å². The number of nitrogens with zero attached hydrogens (tertiary/aromatic N) is 5. The first kappa shape index (κ1) is 26.0. The van der Waals surface area contributed by atoms with Gasteiger partial charge in [0.05, 0.1) is 16.8 Å². The Balaban J connectivity index is 0.00000320. The first-order valence-electron chi connectivity index (χ1n) is 12.4. The van der Waals surface area contributed by atoms with Gasteiger partial charge in [-0.2, -0.15) is 4.98 Å². The molecule has 8 nitrogen and oxygen atoms in total. The molecule has 0 aliphatic heterocycles. The van der Waals surface area contributed by atoms with Crippen LogP contribution >= 0.6 is 0 Å². The minimum absolute atomic E-state index is 0. The summed E-state index contributed by atoms with van der Waals surface area (Å²) in [6.45, 7) is 1.86. The van der Waals surface area contributed by atoms with Crippen LogP contribution in [-0.4, -0.2) is 52.0 Å². The molecule has 0 unspecified atom stereocenters. The molecule has 1 amide bonds. The molecule has 1 fully saturated rings. The van der Waals surface area contributed by atoms with Crippen LogP contribution in [0.3, 0.4) is 0 Å². The number of benzene rings is 2. The standard InChI is InChI=1S/C28H31N7O.CH4/c1-18-23(17-29-25(30-18)19-9-5-4-6-10-19)27(36)31-20-13-15-21(16-14-20)32-28-33-24-12-8-7-11-22(24)26(34-28)35(2)3;/h4-12,17,20-21H,13-16H2,1-3H3,(H,31,36)(H,32,33,34);1H4. The first-order chi connectivity index (χ1) is 17.5. The van der Waals surface area contributed by atoms with Gasteiger partial charge in [-0.05, 0) is 44.7 Å². The second-order valence-electron chi connectivity index (χ2n) is 9.51. The summed E-state index contributed by atoms with van der Waals surface area (Å²) >= 11 is 0. The molecule has 4 aromatic rings. The average molecular weight is 498 g/mol. The molecule has 192 valence electrons. The number of carbonyl (C=O) groups excluding carboxylic acids is 1. The van der Waals surface area contributed by atoms with Crippen LogP contribution in [0.1, 0.15) is 49.2 Å². The molecule has 0 saturated heterocycles.